The number of carboxylic acids is 1. The molecule has 0 radical (unpaired) electrons. The maximum absolute atomic E-state index is 11.0. The number of ether oxygens (including phenoxy) is 1. The summed E-state index contributed by atoms with van der Waals surface area (Å²) >= 11 is 5.96. The van der Waals surface area contributed by atoms with Crippen LogP contribution in [-0.4, -0.2) is 29.3 Å². The Balaban J connectivity index is 2.19. The molecule has 5 heteroatoms. The van der Waals surface area contributed by atoms with Crippen molar-refractivity contribution in [2.24, 2.45) is 0 Å². The molecular weight excluding hydrogens is 254 g/mol. The number of nitrogens with one attached hydrogen (secondary N) is 1. The lowest BCUT2D eigenvalue weighted by Crippen LogP contribution is -2.56. The molecule has 98 valence electrons. The average molecular weight is 270 g/mol. The third-order valence-corrected chi connectivity index (χ3v) is 3.41. The molecule has 1 aliphatic heterocycles. The van der Waals surface area contributed by atoms with E-state index in [9.17, 15) is 4.79 Å². The maximum atomic E-state index is 11.0. The summed E-state index contributed by atoms with van der Waals surface area (Å²) in [6.07, 6.45) is -0.572. The molecule has 0 saturated carbocycles. The van der Waals surface area contributed by atoms with Crippen LogP contribution in [0.4, 0.5) is 0 Å². The van der Waals surface area contributed by atoms with Crippen molar-refractivity contribution in [1.29, 1.82) is 0 Å². The van der Waals surface area contributed by atoms with E-state index in [4.69, 9.17) is 21.4 Å². The van der Waals surface area contributed by atoms with Crippen molar-refractivity contribution < 1.29 is 14.6 Å². The van der Waals surface area contributed by atoms with E-state index in [-0.39, 0.29) is 18.2 Å². The lowest BCUT2D eigenvalue weighted by molar-refractivity contribution is -0.152. The van der Waals surface area contributed by atoms with Crippen LogP contribution >= 0.6 is 11.6 Å². The second-order valence-electron chi connectivity index (χ2n) is 4.59. The number of carbonyl (C=O) groups is 1. The van der Waals surface area contributed by atoms with E-state index in [2.05, 4.69) is 5.32 Å². The molecule has 2 N–H and O–H groups in total. The number of halogens is 1. The van der Waals surface area contributed by atoms with E-state index < -0.39 is 12.0 Å². The van der Waals surface area contributed by atoms with Crippen LogP contribution in [0.1, 0.15) is 25.5 Å². The molecule has 1 saturated heterocycles. The lowest BCUT2D eigenvalue weighted by atomic mass is 9.98. The molecule has 1 aliphatic rings. The lowest BCUT2D eigenvalue weighted by Gasteiger charge is -2.38. The molecule has 1 aromatic carbocycles. The van der Waals surface area contributed by atoms with Crippen LogP contribution in [-0.2, 0) is 9.53 Å². The standard InChI is InChI=1S/C13H16ClNO3/c1-7-12(9-4-3-5-10(14)6-9)18-8(2)11(15-7)13(16)17/h3-8,11-12,15H,1-2H3,(H,16,17). The molecule has 4 unspecified atom stereocenters. The summed E-state index contributed by atoms with van der Waals surface area (Å²) in [6.45, 7) is 3.67. The van der Waals surface area contributed by atoms with Gasteiger partial charge in [-0.1, -0.05) is 23.7 Å². The van der Waals surface area contributed by atoms with Gasteiger partial charge in [0.05, 0.1) is 12.2 Å². The normalized spacial score (nSPS) is 32.2. The summed E-state index contributed by atoms with van der Waals surface area (Å²) < 4.78 is 5.81. The van der Waals surface area contributed by atoms with Crippen LogP contribution in [0.3, 0.4) is 0 Å². The van der Waals surface area contributed by atoms with Crippen LogP contribution in [0.2, 0.25) is 5.02 Å². The zero-order valence-electron chi connectivity index (χ0n) is 10.3. The Morgan fingerprint density at radius 1 is 1.44 bits per heavy atom. The van der Waals surface area contributed by atoms with Gasteiger partial charge in [0.2, 0.25) is 0 Å². The molecule has 4 nitrogen and oxygen atoms in total. The molecule has 0 aliphatic carbocycles. The van der Waals surface area contributed by atoms with Gasteiger partial charge in [-0.15, -0.1) is 0 Å². The number of carboxylic acid groups (broad SMARTS) is 1. The number of morpholine rings is 1. The molecule has 4 atom stereocenters. The predicted molar refractivity (Wildman–Crippen MR) is 68.8 cm³/mol. The van der Waals surface area contributed by atoms with Gasteiger partial charge in [-0.2, -0.15) is 0 Å². The van der Waals surface area contributed by atoms with Gasteiger partial charge in [0.15, 0.2) is 0 Å². The van der Waals surface area contributed by atoms with Crippen molar-refractivity contribution in [2.75, 3.05) is 0 Å². The van der Waals surface area contributed by atoms with Gasteiger partial charge in [0.1, 0.15) is 6.04 Å². The number of rotatable bonds is 2. The second-order valence-corrected chi connectivity index (χ2v) is 5.02. The molecular formula is C13H16ClNO3. The first-order chi connectivity index (χ1) is 8.49. The molecule has 0 amide bonds. The Morgan fingerprint density at radius 3 is 2.78 bits per heavy atom. The van der Waals surface area contributed by atoms with E-state index in [1.165, 1.54) is 0 Å². The highest BCUT2D eigenvalue weighted by Gasteiger charge is 2.37. The Kier molecular flexibility index (Phi) is 3.90. The summed E-state index contributed by atoms with van der Waals surface area (Å²) in [7, 11) is 0. The SMILES string of the molecule is CC1NC(C(=O)O)C(C)OC1c1cccc(Cl)c1. The topological polar surface area (TPSA) is 58.6 Å². The van der Waals surface area contributed by atoms with Crippen LogP contribution in [0.25, 0.3) is 0 Å². The second kappa shape index (κ2) is 5.26. The van der Waals surface area contributed by atoms with Gasteiger partial charge in [-0.05, 0) is 31.5 Å². The van der Waals surface area contributed by atoms with Crippen molar-refractivity contribution >= 4 is 17.6 Å². The number of aliphatic carboxylic acids is 1. The minimum Gasteiger partial charge on any atom is -0.480 e. The predicted octanol–water partition coefficient (Wildman–Crippen LogP) is 2.23. The van der Waals surface area contributed by atoms with E-state index in [0.717, 1.165) is 5.56 Å². The van der Waals surface area contributed by atoms with Crippen LogP contribution in [0, 0.1) is 0 Å². The molecule has 18 heavy (non-hydrogen) atoms. The molecule has 1 fully saturated rings. The number of hydrogen-bond acceptors (Lipinski definition) is 3. The van der Waals surface area contributed by atoms with Gasteiger partial charge >= 0.3 is 5.97 Å². The van der Waals surface area contributed by atoms with Gasteiger partial charge < -0.3 is 9.84 Å². The fraction of sp³-hybridized carbons (Fsp3) is 0.462. The summed E-state index contributed by atoms with van der Waals surface area (Å²) in [5.74, 6) is -0.890. The molecule has 2 rings (SSSR count). The van der Waals surface area contributed by atoms with E-state index in [0.29, 0.717) is 5.02 Å². The average Bonchev–Trinajstić information content (AvgIpc) is 2.31. The summed E-state index contributed by atoms with van der Waals surface area (Å²) in [5, 5.41) is 12.8. The maximum Gasteiger partial charge on any atom is 0.323 e. The van der Waals surface area contributed by atoms with Crippen molar-refractivity contribution in [1.82, 2.24) is 5.32 Å². The minimum atomic E-state index is -0.890. The molecule has 0 spiro atoms. The van der Waals surface area contributed by atoms with Crippen molar-refractivity contribution in [3.63, 3.8) is 0 Å². The molecule has 1 heterocycles. The van der Waals surface area contributed by atoms with Gasteiger partial charge in [-0.25, -0.2) is 0 Å². The Bertz CT molecular complexity index is 452. The van der Waals surface area contributed by atoms with E-state index in [1.807, 2.05) is 25.1 Å². The Morgan fingerprint density at radius 2 is 2.17 bits per heavy atom. The smallest absolute Gasteiger partial charge is 0.323 e. The highest BCUT2D eigenvalue weighted by molar-refractivity contribution is 6.30. The monoisotopic (exact) mass is 269 g/mol. The summed E-state index contributed by atoms with van der Waals surface area (Å²) in [6, 6.07) is 6.69. The Hall–Kier alpha value is -1.10. The van der Waals surface area contributed by atoms with Crippen molar-refractivity contribution in [3.8, 4) is 0 Å². The Labute approximate surface area is 111 Å². The quantitative estimate of drug-likeness (QED) is 0.864. The fourth-order valence-corrected chi connectivity index (χ4v) is 2.46. The summed E-state index contributed by atoms with van der Waals surface area (Å²) in [4.78, 5) is 11.0. The third-order valence-electron chi connectivity index (χ3n) is 3.17. The first kappa shape index (κ1) is 13.3. The zero-order valence-corrected chi connectivity index (χ0v) is 11.0. The van der Waals surface area contributed by atoms with E-state index in [1.54, 1.807) is 13.0 Å². The van der Waals surface area contributed by atoms with Crippen LogP contribution < -0.4 is 5.32 Å². The molecule has 0 bridgehead atoms. The van der Waals surface area contributed by atoms with Gasteiger partial charge in [0, 0.05) is 11.1 Å². The van der Waals surface area contributed by atoms with Crippen LogP contribution in [0.5, 0.6) is 0 Å². The number of hydrogen-bond donors (Lipinski definition) is 2. The first-order valence-corrected chi connectivity index (χ1v) is 6.26. The number of benzene rings is 1. The zero-order chi connectivity index (χ0) is 13.3. The molecule has 1 aromatic rings. The fourth-order valence-electron chi connectivity index (χ4n) is 2.26. The van der Waals surface area contributed by atoms with Gasteiger partial charge in [0.25, 0.3) is 0 Å². The highest BCUT2D eigenvalue weighted by atomic mass is 35.5. The first-order valence-electron chi connectivity index (χ1n) is 5.89. The summed E-state index contributed by atoms with van der Waals surface area (Å²) in [5.41, 5.74) is 0.957. The van der Waals surface area contributed by atoms with E-state index >= 15 is 0 Å². The van der Waals surface area contributed by atoms with Crippen molar-refractivity contribution in [3.05, 3.63) is 34.9 Å². The van der Waals surface area contributed by atoms with Gasteiger partial charge in [-0.3, -0.25) is 10.1 Å². The minimum absolute atomic E-state index is 0.0826. The highest BCUT2D eigenvalue weighted by Crippen LogP contribution is 2.29. The largest absolute Gasteiger partial charge is 0.480 e. The van der Waals surface area contributed by atoms with Crippen molar-refractivity contribution in [2.45, 2.75) is 38.1 Å². The van der Waals surface area contributed by atoms with Crippen LogP contribution in [0.15, 0.2) is 24.3 Å². The third kappa shape index (κ3) is 2.66. The molecule has 0 aromatic heterocycles.